The van der Waals surface area contributed by atoms with Crippen molar-refractivity contribution in [3.63, 3.8) is 0 Å². The third-order valence-electron chi connectivity index (χ3n) is 16.1. The van der Waals surface area contributed by atoms with E-state index in [1.807, 2.05) is 128 Å². The van der Waals surface area contributed by atoms with Crippen LogP contribution in [0.4, 0.5) is 17.1 Å². The quantitative estimate of drug-likeness (QED) is 0.0799. The van der Waals surface area contributed by atoms with E-state index in [0.29, 0.717) is 5.92 Å². The Bertz CT molecular complexity index is 3360. The van der Waals surface area contributed by atoms with Crippen molar-refractivity contribution in [3.8, 4) is 17.2 Å². The normalized spacial score (nSPS) is 17.0. The van der Waals surface area contributed by atoms with E-state index in [9.17, 15) is 0 Å². The van der Waals surface area contributed by atoms with Crippen molar-refractivity contribution in [2.75, 3.05) is 14.7 Å². The van der Waals surface area contributed by atoms with Gasteiger partial charge in [0.2, 0.25) is 0 Å². The molecule has 0 saturated carbocycles. The molecular weight excluding hydrogens is 1580 g/mol. The van der Waals surface area contributed by atoms with Crippen LogP contribution in [-0.2, 0) is 47.0 Å². The Kier molecular flexibility index (Phi) is 34.0. The summed E-state index contributed by atoms with van der Waals surface area (Å²) >= 11 is -5.31. The maximum Gasteiger partial charge on any atom is 0.0137 e. The summed E-state index contributed by atoms with van der Waals surface area (Å²) in [5.74, 6) is 3.11. The fourth-order valence-corrected chi connectivity index (χ4v) is 19.0. The zero-order valence-corrected chi connectivity index (χ0v) is 71.9. The molecule has 0 atom stereocenters. The van der Waals surface area contributed by atoms with Crippen molar-refractivity contribution in [2.24, 2.45) is 16.2 Å². The van der Waals surface area contributed by atoms with Crippen LogP contribution in [0.25, 0.3) is 0 Å². The molecule has 6 aromatic rings. The number of anilines is 3. The molecule has 0 unspecified atom stereocenters. The first-order valence-electron chi connectivity index (χ1n) is 33.4. The van der Waals surface area contributed by atoms with E-state index < -0.39 is 40.6 Å². The number of hydrogen-bond acceptors (Lipinski definition) is 6. The number of rotatable bonds is 14. The van der Waals surface area contributed by atoms with Crippen LogP contribution in [0, 0.1) is 63.6 Å². The summed E-state index contributed by atoms with van der Waals surface area (Å²) in [6.07, 6.45) is 5.19. The molecule has 6 aromatic carbocycles. The van der Waals surface area contributed by atoms with Crippen LogP contribution in [0.3, 0.4) is 0 Å². The van der Waals surface area contributed by atoms with Crippen molar-refractivity contribution < 1.29 is 54.8 Å². The Morgan fingerprint density at radius 3 is 1.05 bits per heavy atom. The van der Waals surface area contributed by atoms with E-state index in [-0.39, 0.29) is 51.2 Å². The zero-order valence-electron chi connectivity index (χ0n) is 62.1. The van der Waals surface area contributed by atoms with Gasteiger partial charge in [-0.2, -0.15) is 0 Å². The van der Waals surface area contributed by atoms with E-state index in [0.717, 1.165) is 40.4 Å². The van der Waals surface area contributed by atoms with Gasteiger partial charge in [-0.1, -0.05) is 136 Å². The number of ether oxygens (including phenoxy) is 3. The third-order valence-corrected chi connectivity index (χ3v) is 21.6. The average Bonchev–Trinajstić information content (AvgIpc) is 1.66. The molecule has 0 bridgehead atoms. The summed E-state index contributed by atoms with van der Waals surface area (Å²) in [6.45, 7) is 62.9. The van der Waals surface area contributed by atoms with Gasteiger partial charge in [-0.3, -0.25) is 0 Å². The molecule has 0 N–H and O–H groups in total. The average molecular weight is 1690 g/mol. The van der Waals surface area contributed by atoms with Crippen molar-refractivity contribution >= 4 is 89.0 Å². The molecular formula is C81H114Cl6N3O3Ru3-3. The van der Waals surface area contributed by atoms with Gasteiger partial charge < -0.3 is 14.7 Å². The Morgan fingerprint density at radius 2 is 0.740 bits per heavy atom. The second-order valence-electron chi connectivity index (χ2n) is 30.4. The summed E-state index contributed by atoms with van der Waals surface area (Å²) in [7, 11) is 34.9. The molecule has 3 aliphatic rings. The monoisotopic (exact) mass is 1690 g/mol. The van der Waals surface area contributed by atoms with Crippen LogP contribution in [0.1, 0.15) is 221 Å². The zero-order chi connectivity index (χ0) is 72.5. The molecule has 0 aromatic heterocycles. The summed E-state index contributed by atoms with van der Waals surface area (Å²) in [4.78, 5) is 7.50. The molecule has 3 aliphatic heterocycles. The molecule has 3 heterocycles. The van der Waals surface area contributed by atoms with Crippen molar-refractivity contribution in [1.82, 2.24) is 0 Å². The molecule has 3 saturated heterocycles. The van der Waals surface area contributed by atoms with Crippen molar-refractivity contribution in [3.05, 3.63) is 197 Å². The summed E-state index contributed by atoms with van der Waals surface area (Å²) in [5.41, 5.74) is 17.1. The van der Waals surface area contributed by atoms with Crippen molar-refractivity contribution in [1.29, 1.82) is 0 Å². The van der Waals surface area contributed by atoms with Gasteiger partial charge >= 0.3 is 293 Å². The Hall–Kier alpha value is -2.66. The number of benzene rings is 6. The fraction of sp³-hybridized carbons (Fsp3) is 0.481. The van der Waals surface area contributed by atoms with Gasteiger partial charge in [-0.25, -0.2) is 19.6 Å². The van der Waals surface area contributed by atoms with Crippen LogP contribution in [0.5, 0.6) is 17.2 Å². The van der Waals surface area contributed by atoms with Gasteiger partial charge in [0.05, 0.1) is 0 Å². The molecule has 3 fully saturated rings. The largest absolute Gasteiger partial charge is 0.517 e. The third kappa shape index (κ3) is 27.6. The minimum atomic E-state index is -1.77. The smallest absolute Gasteiger partial charge is 0.0137 e. The molecule has 6 nitrogen and oxygen atoms in total. The maximum atomic E-state index is 5.82. The minimum Gasteiger partial charge on any atom is -0.517 e. The van der Waals surface area contributed by atoms with Crippen LogP contribution >= 0.6 is 58.1 Å². The maximum absolute atomic E-state index is 5.82. The molecule has 0 radical (unpaired) electrons. The van der Waals surface area contributed by atoms with E-state index in [1.165, 1.54) is 69.7 Å². The van der Waals surface area contributed by atoms with Crippen LogP contribution < -0.4 is 28.9 Å². The second kappa shape index (κ2) is 38.0. The molecule has 0 amide bonds. The van der Waals surface area contributed by atoms with E-state index in [1.54, 1.807) is 0 Å². The van der Waals surface area contributed by atoms with Crippen LogP contribution in [-0.4, -0.2) is 48.8 Å². The van der Waals surface area contributed by atoms with E-state index >= 15 is 0 Å². The molecule has 96 heavy (non-hydrogen) atoms. The predicted octanol–water partition coefficient (Wildman–Crippen LogP) is 25.2. The Labute approximate surface area is 622 Å². The molecule has 0 spiro atoms. The molecule has 540 valence electrons. The topological polar surface area (TPSA) is 37.4 Å². The number of hydrogen-bond donors (Lipinski definition) is 0. The number of aryl methyl sites for hydroxylation is 5. The van der Waals surface area contributed by atoms with E-state index in [2.05, 4.69) is 220 Å². The van der Waals surface area contributed by atoms with Crippen molar-refractivity contribution in [2.45, 2.75) is 240 Å². The van der Waals surface area contributed by atoms with Gasteiger partial charge in [0, 0.05) is 33.7 Å². The Balaban J connectivity index is 0.000000246. The van der Waals surface area contributed by atoms with Gasteiger partial charge in [-0.05, 0) is 115 Å². The Morgan fingerprint density at radius 1 is 0.417 bits per heavy atom. The van der Waals surface area contributed by atoms with E-state index in [4.69, 9.17) is 72.4 Å². The molecule has 0 aliphatic carbocycles. The standard InChI is InChI=1S/3C17H26N.3C10H12O.6ClH.3Ru/c1-12-8-13(2)15(14(3)9-12)18-11-16(4,5)10-17(18,6)7;1-13(2)14-9-7-8-10-15(14)18-12-16(3,4)11-17(18,5)6;1-7-14-10-8-9-13(2)15(14)18-12-16(3,4)11-17(18,5)6;3*1-8(2)11-10-7-5-4-6-9(10)3;;;;;;;;;/h8-9,11H,10H2,1-7H3;7-10,12-13H,11H2,1-6H3;8-10,12H,7,11H2,1-6H3;3*3-8H,1-2H3;6*1H;;;/q3*-1;;;;;;;;;;3*+2/p-6. The number of nitrogens with zero attached hydrogens (tertiary/aromatic N) is 3. The fourth-order valence-electron chi connectivity index (χ4n) is 13.6. The molecule has 15 heteroatoms. The first kappa shape index (κ1) is 85.8. The van der Waals surface area contributed by atoms with Gasteiger partial charge in [0.25, 0.3) is 0 Å². The van der Waals surface area contributed by atoms with Crippen LogP contribution in [0.15, 0.2) is 127 Å². The second-order valence-corrected chi connectivity index (χ2v) is 47.5. The van der Waals surface area contributed by atoms with Crippen LogP contribution in [0.2, 0.25) is 0 Å². The first-order chi connectivity index (χ1) is 44.4. The SMILES string of the molecule is CC(C)Oc1ccccc1[CH]=[Ru]([Cl])[Cl].CC(C)Oc1ccccc1[CH]=[Ru]([Cl])[Cl].CC(C)Oc1ccccc1[CH]=[Ru]([Cl])[Cl].CC(C)c1ccccc1N1[CH-]C(C)(C)CC1(C)C.CCc1cccc(C)c1N1[CH-]C(C)(C)CC1(C)C.Cc1cc(C)c(N2[CH-]C(C)(C)CC2(C)C)c(C)c1. The summed E-state index contributed by atoms with van der Waals surface area (Å²) < 4.78 is 22.5. The van der Waals surface area contributed by atoms with Gasteiger partial charge in [0.15, 0.2) is 0 Å². The summed E-state index contributed by atoms with van der Waals surface area (Å²) in [6, 6.07) is 43.4. The number of halogens is 6. The van der Waals surface area contributed by atoms with Gasteiger partial charge in [0.1, 0.15) is 0 Å². The first-order valence-corrected chi connectivity index (χ1v) is 49.8. The predicted molar refractivity (Wildman–Crippen MR) is 417 cm³/mol. The molecule has 9 rings (SSSR count). The van der Waals surface area contributed by atoms with Gasteiger partial charge in [-0.15, -0.1) is 16.2 Å². The number of para-hydroxylation sites is 5. The summed E-state index contributed by atoms with van der Waals surface area (Å²) in [5, 5.41) is 0. The minimum absolute atomic E-state index is 0.163.